The van der Waals surface area contributed by atoms with Gasteiger partial charge in [-0.05, 0) is 24.6 Å². The molecular formula is C10H8F4O2. The normalized spacial score (nSPS) is 11.4. The van der Waals surface area contributed by atoms with Crippen LogP contribution >= 0.6 is 0 Å². The molecule has 0 bridgehead atoms. The monoisotopic (exact) mass is 236 g/mol. The van der Waals surface area contributed by atoms with Crippen LogP contribution in [0.4, 0.5) is 17.6 Å². The van der Waals surface area contributed by atoms with Crippen LogP contribution in [0.2, 0.25) is 0 Å². The van der Waals surface area contributed by atoms with Gasteiger partial charge in [-0.15, -0.1) is 0 Å². The number of hydrogen-bond donors (Lipinski definition) is 0. The Morgan fingerprint density at radius 2 is 1.88 bits per heavy atom. The highest BCUT2D eigenvalue weighted by Crippen LogP contribution is 2.35. The second-order valence-corrected chi connectivity index (χ2v) is 3.08. The summed E-state index contributed by atoms with van der Waals surface area (Å²) < 4.78 is 55.0. The van der Waals surface area contributed by atoms with Crippen LogP contribution in [0.1, 0.15) is 21.5 Å². The van der Waals surface area contributed by atoms with Crippen LogP contribution in [0.5, 0.6) is 0 Å². The molecule has 0 spiro atoms. The van der Waals surface area contributed by atoms with E-state index in [4.69, 9.17) is 0 Å². The van der Waals surface area contributed by atoms with Crippen molar-refractivity contribution in [3.05, 3.63) is 34.6 Å². The van der Waals surface area contributed by atoms with Crippen LogP contribution in [0.25, 0.3) is 0 Å². The first-order chi connectivity index (χ1) is 7.29. The van der Waals surface area contributed by atoms with E-state index in [0.717, 1.165) is 26.2 Å². The molecule has 1 aromatic rings. The minimum Gasteiger partial charge on any atom is -0.465 e. The zero-order chi connectivity index (χ0) is 12.5. The number of carbonyl (C=O) groups is 1. The van der Waals surface area contributed by atoms with Crippen LogP contribution in [0, 0.1) is 12.7 Å². The van der Waals surface area contributed by atoms with Gasteiger partial charge in [0.05, 0.1) is 18.2 Å². The zero-order valence-corrected chi connectivity index (χ0v) is 8.48. The van der Waals surface area contributed by atoms with E-state index >= 15 is 0 Å². The number of alkyl halides is 3. The summed E-state index contributed by atoms with van der Waals surface area (Å²) in [6, 6.07) is 1.56. The average Bonchev–Trinajstić information content (AvgIpc) is 2.18. The molecule has 0 amide bonds. The van der Waals surface area contributed by atoms with Crippen molar-refractivity contribution < 1.29 is 27.1 Å². The first-order valence-corrected chi connectivity index (χ1v) is 4.23. The molecule has 0 saturated heterocycles. The highest BCUT2D eigenvalue weighted by Gasteiger charge is 2.38. The standard InChI is InChI=1S/C10H8F4O2/c1-5-7(11)4-3-6(9(15)16-2)8(5)10(12,13)14/h3-4H,1-2H3. The van der Waals surface area contributed by atoms with Gasteiger partial charge in [0, 0.05) is 0 Å². The number of esters is 1. The number of halogens is 4. The van der Waals surface area contributed by atoms with E-state index in [9.17, 15) is 22.4 Å². The molecule has 2 nitrogen and oxygen atoms in total. The maximum Gasteiger partial charge on any atom is 0.417 e. The number of ether oxygens (including phenoxy) is 1. The van der Waals surface area contributed by atoms with Crippen LogP contribution < -0.4 is 0 Å². The molecule has 1 rings (SSSR count). The van der Waals surface area contributed by atoms with Crippen molar-refractivity contribution in [1.29, 1.82) is 0 Å². The third-order valence-electron chi connectivity index (χ3n) is 2.09. The quantitative estimate of drug-likeness (QED) is 0.553. The topological polar surface area (TPSA) is 26.3 Å². The molecule has 1 aromatic carbocycles. The van der Waals surface area contributed by atoms with Gasteiger partial charge in [0.2, 0.25) is 0 Å². The number of rotatable bonds is 1. The molecule has 0 aliphatic rings. The average molecular weight is 236 g/mol. The minimum atomic E-state index is -4.80. The van der Waals surface area contributed by atoms with E-state index in [1.165, 1.54) is 0 Å². The van der Waals surface area contributed by atoms with Crippen LogP contribution in [-0.4, -0.2) is 13.1 Å². The van der Waals surface area contributed by atoms with Gasteiger partial charge in [-0.25, -0.2) is 9.18 Å². The summed E-state index contributed by atoms with van der Waals surface area (Å²) in [6.07, 6.45) is -4.80. The SMILES string of the molecule is COC(=O)c1ccc(F)c(C)c1C(F)(F)F. The number of benzene rings is 1. The lowest BCUT2D eigenvalue weighted by Crippen LogP contribution is -2.17. The summed E-state index contributed by atoms with van der Waals surface area (Å²) in [5.41, 5.74) is -2.59. The van der Waals surface area contributed by atoms with Gasteiger partial charge in [0.15, 0.2) is 0 Å². The summed E-state index contributed by atoms with van der Waals surface area (Å²) in [4.78, 5) is 11.1. The van der Waals surface area contributed by atoms with Crippen molar-refractivity contribution >= 4 is 5.97 Å². The summed E-state index contributed by atoms with van der Waals surface area (Å²) in [5.74, 6) is -2.16. The summed E-state index contributed by atoms with van der Waals surface area (Å²) in [7, 11) is 0.960. The molecule has 0 fully saturated rings. The third kappa shape index (κ3) is 2.15. The Morgan fingerprint density at radius 1 is 1.31 bits per heavy atom. The Morgan fingerprint density at radius 3 is 2.31 bits per heavy atom. The zero-order valence-electron chi connectivity index (χ0n) is 8.48. The van der Waals surface area contributed by atoms with E-state index < -0.39 is 34.7 Å². The second kappa shape index (κ2) is 4.11. The first kappa shape index (κ1) is 12.5. The fourth-order valence-corrected chi connectivity index (χ4v) is 1.33. The molecule has 6 heteroatoms. The van der Waals surface area contributed by atoms with E-state index in [1.807, 2.05) is 0 Å². The molecule has 0 radical (unpaired) electrons. The lowest BCUT2D eigenvalue weighted by Gasteiger charge is -2.14. The molecule has 0 aliphatic carbocycles. The fraction of sp³-hybridized carbons (Fsp3) is 0.300. The van der Waals surface area contributed by atoms with Crippen molar-refractivity contribution in [1.82, 2.24) is 0 Å². The largest absolute Gasteiger partial charge is 0.465 e. The Hall–Kier alpha value is -1.59. The second-order valence-electron chi connectivity index (χ2n) is 3.08. The lowest BCUT2D eigenvalue weighted by molar-refractivity contribution is -0.138. The molecule has 0 aliphatic heterocycles. The predicted molar refractivity (Wildman–Crippen MR) is 47.5 cm³/mol. The van der Waals surface area contributed by atoms with Crippen molar-refractivity contribution in [3.8, 4) is 0 Å². The van der Waals surface area contributed by atoms with Crippen molar-refractivity contribution in [2.45, 2.75) is 13.1 Å². The lowest BCUT2D eigenvalue weighted by atomic mass is 10.0. The highest BCUT2D eigenvalue weighted by molar-refractivity contribution is 5.91. The highest BCUT2D eigenvalue weighted by atomic mass is 19.4. The smallest absolute Gasteiger partial charge is 0.417 e. The van der Waals surface area contributed by atoms with Crippen molar-refractivity contribution in [2.75, 3.05) is 7.11 Å². The molecule has 0 N–H and O–H groups in total. The fourth-order valence-electron chi connectivity index (χ4n) is 1.33. The van der Waals surface area contributed by atoms with Gasteiger partial charge in [-0.2, -0.15) is 13.2 Å². The maximum atomic E-state index is 13.0. The molecule has 16 heavy (non-hydrogen) atoms. The van der Waals surface area contributed by atoms with Crippen LogP contribution in [0.3, 0.4) is 0 Å². The first-order valence-electron chi connectivity index (χ1n) is 4.23. The van der Waals surface area contributed by atoms with Gasteiger partial charge < -0.3 is 4.74 Å². The van der Waals surface area contributed by atoms with Crippen LogP contribution in [0.15, 0.2) is 12.1 Å². The van der Waals surface area contributed by atoms with E-state index in [-0.39, 0.29) is 0 Å². The van der Waals surface area contributed by atoms with E-state index in [1.54, 1.807) is 0 Å². The van der Waals surface area contributed by atoms with Crippen molar-refractivity contribution in [2.24, 2.45) is 0 Å². The van der Waals surface area contributed by atoms with Crippen molar-refractivity contribution in [3.63, 3.8) is 0 Å². The van der Waals surface area contributed by atoms with Gasteiger partial charge in [-0.1, -0.05) is 0 Å². The van der Waals surface area contributed by atoms with Gasteiger partial charge in [0.1, 0.15) is 5.82 Å². The molecule has 0 atom stereocenters. The Kier molecular flexibility index (Phi) is 3.21. The Labute approximate surface area is 88.8 Å². The van der Waals surface area contributed by atoms with Gasteiger partial charge in [0.25, 0.3) is 0 Å². The maximum absolute atomic E-state index is 13.0. The molecular weight excluding hydrogens is 228 g/mol. The molecule has 88 valence electrons. The summed E-state index contributed by atoms with van der Waals surface area (Å²) >= 11 is 0. The van der Waals surface area contributed by atoms with E-state index in [2.05, 4.69) is 4.74 Å². The number of methoxy groups -OCH3 is 1. The number of carbonyl (C=O) groups excluding carboxylic acids is 1. The summed E-state index contributed by atoms with van der Waals surface area (Å²) in [5, 5.41) is 0. The Bertz CT molecular complexity index is 424. The third-order valence-corrected chi connectivity index (χ3v) is 2.09. The van der Waals surface area contributed by atoms with Gasteiger partial charge in [-0.3, -0.25) is 0 Å². The molecule has 0 aromatic heterocycles. The predicted octanol–water partition coefficient (Wildman–Crippen LogP) is 2.94. The molecule has 0 saturated carbocycles. The van der Waals surface area contributed by atoms with Crippen LogP contribution in [-0.2, 0) is 10.9 Å². The van der Waals surface area contributed by atoms with E-state index in [0.29, 0.717) is 0 Å². The molecule has 0 unspecified atom stereocenters. The summed E-state index contributed by atoms with van der Waals surface area (Å²) in [6.45, 7) is 0.963. The number of hydrogen-bond acceptors (Lipinski definition) is 2. The Balaban J connectivity index is 3.52. The van der Waals surface area contributed by atoms with Gasteiger partial charge >= 0.3 is 12.1 Å². The minimum absolute atomic E-state index is 0.615. The molecule has 0 heterocycles.